The van der Waals surface area contributed by atoms with Crippen LogP contribution in [0.15, 0.2) is 53.8 Å². The second kappa shape index (κ2) is 6.13. The van der Waals surface area contributed by atoms with Crippen LogP contribution in [0.2, 0.25) is 5.02 Å². The summed E-state index contributed by atoms with van der Waals surface area (Å²) in [6.45, 7) is 1.33. The highest BCUT2D eigenvalue weighted by Gasteiger charge is 2.45. The van der Waals surface area contributed by atoms with Gasteiger partial charge >= 0.3 is 0 Å². The molecule has 1 N–H and O–H groups in total. The molecule has 0 saturated carbocycles. The number of carbonyl (C=O) groups is 1. The van der Waals surface area contributed by atoms with Gasteiger partial charge in [0.15, 0.2) is 11.8 Å². The van der Waals surface area contributed by atoms with E-state index in [2.05, 4.69) is 20.4 Å². The van der Waals surface area contributed by atoms with Gasteiger partial charge in [-0.25, -0.2) is 4.98 Å². The number of aromatic nitrogens is 1. The fraction of sp³-hybridized carbons (Fsp3) is 0.235. The first kappa shape index (κ1) is 15.0. The summed E-state index contributed by atoms with van der Waals surface area (Å²) < 4.78 is 0. The Balaban J connectivity index is 1.45. The summed E-state index contributed by atoms with van der Waals surface area (Å²) in [6, 6.07) is 12.7. The molecule has 0 aliphatic carbocycles. The zero-order chi connectivity index (χ0) is 16.5. The lowest BCUT2D eigenvalue weighted by Crippen LogP contribution is -2.32. The molecule has 6 nitrogen and oxygen atoms in total. The molecule has 0 radical (unpaired) electrons. The molecule has 0 unspecified atom stereocenters. The molecule has 1 fully saturated rings. The van der Waals surface area contributed by atoms with Crippen molar-refractivity contribution >= 4 is 34.7 Å². The highest BCUT2D eigenvalue weighted by molar-refractivity contribution is 6.44. The van der Waals surface area contributed by atoms with Crippen LogP contribution in [0.3, 0.4) is 0 Å². The molecule has 3 heterocycles. The highest BCUT2D eigenvalue weighted by atomic mass is 35.5. The normalized spacial score (nSPS) is 21.9. The number of oxime groups is 1. The number of anilines is 2. The Labute approximate surface area is 144 Å². The van der Waals surface area contributed by atoms with Crippen LogP contribution in [0.25, 0.3) is 0 Å². The number of benzene rings is 1. The fourth-order valence-corrected chi connectivity index (χ4v) is 3.13. The van der Waals surface area contributed by atoms with E-state index in [4.69, 9.17) is 16.4 Å². The van der Waals surface area contributed by atoms with Gasteiger partial charge in [0.1, 0.15) is 5.82 Å². The summed E-state index contributed by atoms with van der Waals surface area (Å²) in [5.41, 5.74) is 1.10. The second-order valence-electron chi connectivity index (χ2n) is 5.78. The number of halogens is 1. The Bertz CT molecular complexity index is 779. The molecule has 2 atom stereocenters. The first-order valence-corrected chi connectivity index (χ1v) is 8.05. The molecule has 2 aliphatic heterocycles. The minimum absolute atomic E-state index is 0.0562. The van der Waals surface area contributed by atoms with Crippen molar-refractivity contribution in [1.82, 2.24) is 4.98 Å². The van der Waals surface area contributed by atoms with Crippen molar-refractivity contribution < 1.29 is 9.63 Å². The first-order chi connectivity index (χ1) is 11.7. The Morgan fingerprint density at radius 2 is 2.04 bits per heavy atom. The number of nitrogens with one attached hydrogen (secondary N) is 1. The van der Waals surface area contributed by atoms with Crippen molar-refractivity contribution in [2.45, 2.75) is 6.10 Å². The summed E-state index contributed by atoms with van der Waals surface area (Å²) in [5.74, 6) is 0.583. The monoisotopic (exact) mass is 342 g/mol. The highest BCUT2D eigenvalue weighted by Crippen LogP contribution is 2.30. The summed E-state index contributed by atoms with van der Waals surface area (Å²) in [4.78, 5) is 24.4. The van der Waals surface area contributed by atoms with E-state index in [1.54, 1.807) is 30.5 Å². The van der Waals surface area contributed by atoms with Gasteiger partial charge in [0.2, 0.25) is 0 Å². The van der Waals surface area contributed by atoms with Crippen molar-refractivity contribution in [3.05, 3.63) is 53.7 Å². The van der Waals surface area contributed by atoms with Gasteiger partial charge in [-0.3, -0.25) is 4.79 Å². The van der Waals surface area contributed by atoms with E-state index in [0.29, 0.717) is 29.5 Å². The maximum Gasteiger partial charge on any atom is 0.273 e. The molecule has 2 aliphatic rings. The molecular weight excluding hydrogens is 328 g/mol. The van der Waals surface area contributed by atoms with Crippen molar-refractivity contribution in [1.29, 1.82) is 0 Å². The van der Waals surface area contributed by atoms with E-state index in [-0.39, 0.29) is 17.9 Å². The van der Waals surface area contributed by atoms with Gasteiger partial charge in [-0.15, -0.1) is 0 Å². The van der Waals surface area contributed by atoms with E-state index in [1.807, 2.05) is 18.2 Å². The summed E-state index contributed by atoms with van der Waals surface area (Å²) in [5, 5.41) is 7.45. The molecule has 1 aromatic carbocycles. The summed E-state index contributed by atoms with van der Waals surface area (Å²) in [7, 11) is 0. The third-order valence-corrected chi connectivity index (χ3v) is 4.46. The predicted molar refractivity (Wildman–Crippen MR) is 92.3 cm³/mol. The molecule has 0 spiro atoms. The van der Waals surface area contributed by atoms with Crippen molar-refractivity contribution in [3.63, 3.8) is 0 Å². The number of carbonyl (C=O) groups excluding carboxylic acids is 1. The summed E-state index contributed by atoms with van der Waals surface area (Å²) >= 11 is 5.85. The Morgan fingerprint density at radius 3 is 2.79 bits per heavy atom. The number of hydrogen-bond acceptors (Lipinski definition) is 5. The number of nitrogens with zero attached hydrogens (tertiary/aromatic N) is 3. The molecule has 24 heavy (non-hydrogen) atoms. The number of rotatable bonds is 3. The number of fused-ring (bicyclic) bond motifs is 1. The lowest BCUT2D eigenvalue weighted by atomic mass is 10.0. The van der Waals surface area contributed by atoms with Gasteiger partial charge in [-0.1, -0.05) is 22.8 Å². The van der Waals surface area contributed by atoms with Crippen LogP contribution < -0.4 is 10.2 Å². The molecule has 7 heteroatoms. The Morgan fingerprint density at radius 1 is 1.21 bits per heavy atom. The van der Waals surface area contributed by atoms with Crippen LogP contribution in [-0.2, 0) is 9.63 Å². The molecule has 122 valence electrons. The smallest absolute Gasteiger partial charge is 0.273 e. The average Bonchev–Trinajstić information content (AvgIpc) is 3.18. The van der Waals surface area contributed by atoms with Crippen molar-refractivity contribution in [2.24, 2.45) is 11.1 Å². The van der Waals surface area contributed by atoms with E-state index < -0.39 is 0 Å². The third kappa shape index (κ3) is 2.80. The van der Waals surface area contributed by atoms with Crippen LogP contribution in [0.1, 0.15) is 0 Å². The minimum atomic E-state index is -0.243. The lowest BCUT2D eigenvalue weighted by molar-refractivity contribution is -0.110. The zero-order valence-electron chi connectivity index (χ0n) is 12.7. The minimum Gasteiger partial charge on any atom is -0.389 e. The average molecular weight is 343 g/mol. The van der Waals surface area contributed by atoms with E-state index in [9.17, 15) is 4.79 Å². The standard InChI is InChI=1S/C17H15ClN4O2/c18-11-4-6-12(7-5-11)20-17(23)16-13-9-22(10-14(13)24-21-16)15-3-1-2-8-19-15/h1-8,13-14H,9-10H2,(H,20,23)/t13-,14+/m0/s1. The van der Waals surface area contributed by atoms with Crippen molar-refractivity contribution in [3.8, 4) is 0 Å². The van der Waals surface area contributed by atoms with Crippen LogP contribution in [-0.4, -0.2) is 35.8 Å². The molecule has 1 amide bonds. The molecule has 4 rings (SSSR count). The molecule has 1 saturated heterocycles. The SMILES string of the molecule is O=C(Nc1ccc(Cl)cc1)C1=NO[C@@H]2CN(c3ccccn3)C[C@H]12. The molecule has 2 aromatic rings. The number of pyridine rings is 1. The maximum absolute atomic E-state index is 12.5. The maximum atomic E-state index is 12.5. The van der Waals surface area contributed by atoms with Crippen LogP contribution in [0.4, 0.5) is 11.5 Å². The van der Waals surface area contributed by atoms with Crippen LogP contribution >= 0.6 is 11.6 Å². The van der Waals surface area contributed by atoms with Crippen LogP contribution in [0, 0.1) is 5.92 Å². The molecule has 0 bridgehead atoms. The van der Waals surface area contributed by atoms with Gasteiger partial charge in [0.25, 0.3) is 5.91 Å². The first-order valence-electron chi connectivity index (χ1n) is 7.67. The van der Waals surface area contributed by atoms with Gasteiger partial charge < -0.3 is 15.1 Å². The van der Waals surface area contributed by atoms with Gasteiger partial charge in [0, 0.05) is 23.5 Å². The third-order valence-electron chi connectivity index (χ3n) is 4.21. The largest absolute Gasteiger partial charge is 0.389 e. The topological polar surface area (TPSA) is 66.8 Å². The molecular formula is C17H15ClN4O2. The second-order valence-corrected chi connectivity index (χ2v) is 6.22. The van der Waals surface area contributed by atoms with E-state index in [0.717, 1.165) is 5.82 Å². The van der Waals surface area contributed by atoms with Crippen molar-refractivity contribution in [2.75, 3.05) is 23.3 Å². The molecule has 1 aromatic heterocycles. The summed E-state index contributed by atoms with van der Waals surface area (Å²) in [6.07, 6.45) is 1.64. The Kier molecular flexibility index (Phi) is 3.82. The lowest BCUT2D eigenvalue weighted by Gasteiger charge is -2.17. The Hall–Kier alpha value is -2.60. The van der Waals surface area contributed by atoms with E-state index in [1.165, 1.54) is 0 Å². The van der Waals surface area contributed by atoms with Gasteiger partial charge in [0.05, 0.1) is 12.5 Å². The quantitative estimate of drug-likeness (QED) is 0.931. The number of hydrogen-bond donors (Lipinski definition) is 1. The predicted octanol–water partition coefficient (Wildman–Crippen LogP) is 2.56. The van der Waals surface area contributed by atoms with Gasteiger partial charge in [-0.2, -0.15) is 0 Å². The zero-order valence-corrected chi connectivity index (χ0v) is 13.5. The van der Waals surface area contributed by atoms with E-state index >= 15 is 0 Å². The van der Waals surface area contributed by atoms with Crippen LogP contribution in [0.5, 0.6) is 0 Å². The number of amides is 1. The fourth-order valence-electron chi connectivity index (χ4n) is 3.00. The van der Waals surface area contributed by atoms with Gasteiger partial charge in [-0.05, 0) is 36.4 Å².